The van der Waals surface area contributed by atoms with E-state index in [1.807, 2.05) is 0 Å². The molecule has 3 aromatic rings. The van der Waals surface area contributed by atoms with E-state index < -0.39 is 34.5 Å². The Morgan fingerprint density at radius 3 is 2.62 bits per heavy atom. The summed E-state index contributed by atoms with van der Waals surface area (Å²) in [7, 11) is -3.06. The molecule has 0 amide bonds. The second-order valence-corrected chi connectivity index (χ2v) is 11.2. The van der Waals surface area contributed by atoms with Crippen LogP contribution < -0.4 is 13.8 Å². The van der Waals surface area contributed by atoms with Crippen molar-refractivity contribution in [3.63, 3.8) is 0 Å². The number of alkyl halides is 2. The van der Waals surface area contributed by atoms with Crippen molar-refractivity contribution in [2.24, 2.45) is 0 Å². The largest absolute Gasteiger partial charge is 0.486 e. The number of allylic oxidation sites excluding steroid dienone is 1. The van der Waals surface area contributed by atoms with Gasteiger partial charge in [0.25, 0.3) is 10.0 Å². The molecule has 0 N–H and O–H groups in total. The Balaban J connectivity index is 1.76. The van der Waals surface area contributed by atoms with Crippen molar-refractivity contribution in [2.75, 3.05) is 18.0 Å². The molecule has 0 spiro atoms. The lowest BCUT2D eigenvalue weighted by molar-refractivity contribution is -0.141. The molecule has 0 aliphatic carbocycles. The zero-order valence-electron chi connectivity index (χ0n) is 21.4. The topological polar surface area (TPSA) is 82.1 Å². The molecule has 0 aromatic heterocycles. The predicted molar refractivity (Wildman–Crippen MR) is 145 cm³/mol. The molecule has 12 heteroatoms. The fraction of sp³-hybridized carbons (Fsp3) is 0.250. The Labute approximate surface area is 234 Å². The van der Waals surface area contributed by atoms with Crippen LogP contribution in [0.3, 0.4) is 0 Å². The third-order valence-corrected chi connectivity index (χ3v) is 8.26. The Hall–Kier alpha value is -3.70. The van der Waals surface area contributed by atoms with Crippen molar-refractivity contribution < 1.29 is 40.6 Å². The summed E-state index contributed by atoms with van der Waals surface area (Å²) in [4.78, 5) is 11.4. The van der Waals surface area contributed by atoms with Crippen molar-refractivity contribution in [1.29, 1.82) is 0 Å². The van der Waals surface area contributed by atoms with Crippen LogP contribution in [0.2, 0.25) is 5.02 Å². The van der Waals surface area contributed by atoms with Gasteiger partial charge < -0.3 is 14.2 Å². The molecule has 0 fully saturated rings. The summed E-state index contributed by atoms with van der Waals surface area (Å²) in [5.41, 5.74) is 1.42. The van der Waals surface area contributed by atoms with Gasteiger partial charge in [0.15, 0.2) is 0 Å². The molecule has 1 atom stereocenters. The average Bonchev–Trinajstić information content (AvgIpc) is 2.91. The monoisotopic (exact) mass is 595 g/mol. The van der Waals surface area contributed by atoms with Crippen LogP contribution in [0.4, 0.5) is 18.9 Å². The number of methoxy groups -OCH3 is 1. The van der Waals surface area contributed by atoms with E-state index in [1.54, 1.807) is 37.3 Å². The number of sulfonamides is 1. The molecule has 4 rings (SSSR count). The van der Waals surface area contributed by atoms with Crippen LogP contribution in [0.1, 0.15) is 30.9 Å². The van der Waals surface area contributed by atoms with Crippen molar-refractivity contribution in [2.45, 2.75) is 37.4 Å². The minimum absolute atomic E-state index is 0.00842. The van der Waals surface area contributed by atoms with E-state index in [-0.39, 0.29) is 52.1 Å². The fourth-order valence-electron chi connectivity index (χ4n) is 4.31. The standard InChI is InChI=1S/C28H25ClF3NO6S/c1-17(27-22(29)7-4-8-23(27)30)13-18-9-11-25-24(14-18)33(16-20(38-25)10-12-26(34)37-2)40(35,36)21-6-3-5-19(15-21)39-28(31)32/h3-9,11,13-15,20,28H,10,12,16H2,1-2H3/b17-13+. The molecule has 7 nitrogen and oxygen atoms in total. The molecule has 1 unspecified atom stereocenters. The normalized spacial score (nSPS) is 15.4. The van der Waals surface area contributed by atoms with Gasteiger partial charge in [0.05, 0.1) is 29.3 Å². The number of ether oxygens (including phenoxy) is 3. The summed E-state index contributed by atoms with van der Waals surface area (Å²) in [6.07, 6.45) is 1.10. The van der Waals surface area contributed by atoms with Crippen molar-refractivity contribution in [3.05, 3.63) is 82.6 Å². The summed E-state index contributed by atoms with van der Waals surface area (Å²) in [5, 5.41) is 0.221. The molecular formula is C28H25ClF3NO6S. The van der Waals surface area contributed by atoms with Gasteiger partial charge in [0.1, 0.15) is 23.4 Å². The van der Waals surface area contributed by atoms with Gasteiger partial charge in [0, 0.05) is 18.1 Å². The lowest BCUT2D eigenvalue weighted by Crippen LogP contribution is -2.43. The Morgan fingerprint density at radius 1 is 1.18 bits per heavy atom. The van der Waals surface area contributed by atoms with Gasteiger partial charge in [-0.1, -0.05) is 35.9 Å². The van der Waals surface area contributed by atoms with E-state index in [4.69, 9.17) is 16.3 Å². The first kappa shape index (κ1) is 29.3. The van der Waals surface area contributed by atoms with E-state index in [1.165, 1.54) is 37.4 Å². The molecule has 0 saturated carbocycles. The number of nitrogens with zero attached hydrogens (tertiary/aromatic N) is 1. The number of carbonyl (C=O) groups is 1. The smallest absolute Gasteiger partial charge is 0.387 e. The number of carbonyl (C=O) groups excluding carboxylic acids is 1. The van der Waals surface area contributed by atoms with Crippen LogP contribution in [0.25, 0.3) is 11.6 Å². The first-order valence-corrected chi connectivity index (χ1v) is 13.9. The van der Waals surface area contributed by atoms with Gasteiger partial charge in [0.2, 0.25) is 0 Å². The zero-order chi connectivity index (χ0) is 29.0. The highest BCUT2D eigenvalue weighted by Crippen LogP contribution is 2.40. The Bertz CT molecular complexity index is 1530. The molecule has 212 valence electrons. The number of benzene rings is 3. The lowest BCUT2D eigenvalue weighted by atomic mass is 10.0. The second-order valence-electron chi connectivity index (χ2n) is 8.90. The van der Waals surface area contributed by atoms with Gasteiger partial charge in [-0.05, 0) is 60.9 Å². The number of halogens is 4. The number of esters is 1. The molecular weight excluding hydrogens is 571 g/mol. The van der Waals surface area contributed by atoms with Gasteiger partial charge in [-0.2, -0.15) is 8.78 Å². The van der Waals surface area contributed by atoms with Crippen LogP contribution in [-0.2, 0) is 19.6 Å². The molecule has 0 bridgehead atoms. The molecule has 1 aliphatic heterocycles. The molecule has 0 radical (unpaired) electrons. The van der Waals surface area contributed by atoms with Crippen LogP contribution in [0, 0.1) is 5.82 Å². The predicted octanol–water partition coefficient (Wildman–Crippen LogP) is 6.55. The van der Waals surface area contributed by atoms with Crippen LogP contribution in [0.5, 0.6) is 11.5 Å². The van der Waals surface area contributed by atoms with E-state index in [0.717, 1.165) is 10.4 Å². The van der Waals surface area contributed by atoms with E-state index in [0.29, 0.717) is 11.1 Å². The second kappa shape index (κ2) is 12.2. The van der Waals surface area contributed by atoms with Crippen molar-refractivity contribution >= 4 is 44.9 Å². The van der Waals surface area contributed by atoms with Crippen LogP contribution >= 0.6 is 11.6 Å². The number of hydrogen-bond donors (Lipinski definition) is 0. The molecule has 40 heavy (non-hydrogen) atoms. The van der Waals surface area contributed by atoms with E-state index >= 15 is 0 Å². The third-order valence-electron chi connectivity index (χ3n) is 6.17. The number of fused-ring (bicyclic) bond motifs is 1. The zero-order valence-corrected chi connectivity index (χ0v) is 23.0. The Morgan fingerprint density at radius 2 is 1.93 bits per heavy atom. The summed E-state index contributed by atoms with van der Waals surface area (Å²) < 4.78 is 83.8. The first-order valence-electron chi connectivity index (χ1n) is 12.1. The summed E-state index contributed by atoms with van der Waals surface area (Å²) >= 11 is 6.20. The minimum Gasteiger partial charge on any atom is -0.486 e. The number of hydrogen-bond acceptors (Lipinski definition) is 6. The molecule has 1 aliphatic rings. The van der Waals surface area contributed by atoms with Crippen LogP contribution in [0.15, 0.2) is 65.6 Å². The molecule has 3 aromatic carbocycles. The summed E-state index contributed by atoms with van der Waals surface area (Å²) in [6, 6.07) is 13.9. The number of rotatable bonds is 9. The Kier molecular flexibility index (Phi) is 8.95. The first-order chi connectivity index (χ1) is 19.0. The van der Waals surface area contributed by atoms with Gasteiger partial charge in [-0.15, -0.1) is 0 Å². The lowest BCUT2D eigenvalue weighted by Gasteiger charge is -2.35. The maximum atomic E-state index is 14.5. The third kappa shape index (κ3) is 6.53. The molecule has 0 saturated heterocycles. The number of anilines is 1. The van der Waals surface area contributed by atoms with Crippen LogP contribution in [-0.4, -0.2) is 40.8 Å². The van der Waals surface area contributed by atoms with Crippen molar-refractivity contribution in [3.8, 4) is 11.5 Å². The van der Waals surface area contributed by atoms with Crippen molar-refractivity contribution in [1.82, 2.24) is 0 Å². The highest BCUT2D eigenvalue weighted by Gasteiger charge is 2.35. The van der Waals surface area contributed by atoms with E-state index in [9.17, 15) is 26.4 Å². The van der Waals surface area contributed by atoms with Gasteiger partial charge >= 0.3 is 12.6 Å². The van der Waals surface area contributed by atoms with Gasteiger partial charge in [-0.3, -0.25) is 9.10 Å². The van der Waals surface area contributed by atoms with E-state index in [2.05, 4.69) is 9.47 Å². The summed E-state index contributed by atoms with van der Waals surface area (Å²) in [5.74, 6) is -1.08. The maximum absolute atomic E-state index is 14.5. The van der Waals surface area contributed by atoms with Gasteiger partial charge in [-0.25, -0.2) is 12.8 Å². The summed E-state index contributed by atoms with van der Waals surface area (Å²) in [6.45, 7) is -1.63. The SMILES string of the molecule is COC(=O)CCC1CN(S(=O)(=O)c2cccc(OC(F)F)c2)c2cc(/C=C(\C)c3c(F)cccc3Cl)ccc2O1. The average molecular weight is 596 g/mol. The maximum Gasteiger partial charge on any atom is 0.387 e. The highest BCUT2D eigenvalue weighted by molar-refractivity contribution is 7.92. The quantitative estimate of drug-likeness (QED) is 0.206. The highest BCUT2D eigenvalue weighted by atomic mass is 35.5. The minimum atomic E-state index is -4.31. The fourth-order valence-corrected chi connectivity index (χ4v) is 6.16. The molecule has 1 heterocycles.